The first-order chi connectivity index (χ1) is 14.1. The molecular weight excluding hydrogens is 390 g/mol. The molecule has 156 valence electrons. The van der Waals surface area contributed by atoms with Crippen molar-refractivity contribution in [1.29, 1.82) is 0 Å². The van der Waals surface area contributed by atoms with E-state index >= 15 is 0 Å². The molecule has 2 atom stereocenters. The minimum Gasteiger partial charge on any atom is -0.385 e. The number of aryl methyl sites for hydroxylation is 1. The second-order valence-corrected chi connectivity index (χ2v) is 8.12. The van der Waals surface area contributed by atoms with E-state index < -0.39 is 0 Å². The zero-order valence-electron chi connectivity index (χ0n) is 16.7. The lowest BCUT2D eigenvalue weighted by Crippen LogP contribution is -2.32. The number of nitrogens with one attached hydrogen (secondary N) is 1. The van der Waals surface area contributed by atoms with Crippen molar-refractivity contribution in [2.75, 3.05) is 55.5 Å². The number of benzene rings is 1. The third kappa shape index (κ3) is 4.91. The summed E-state index contributed by atoms with van der Waals surface area (Å²) in [6, 6.07) is 8.09. The lowest BCUT2D eigenvalue weighted by molar-refractivity contribution is 0.134. The largest absolute Gasteiger partial charge is 0.385 e. The molecule has 2 saturated heterocycles. The molecule has 2 fully saturated rings. The zero-order valence-corrected chi connectivity index (χ0v) is 17.5. The van der Waals surface area contributed by atoms with E-state index in [2.05, 4.69) is 32.3 Å². The predicted molar refractivity (Wildman–Crippen MR) is 116 cm³/mol. The van der Waals surface area contributed by atoms with Crippen molar-refractivity contribution < 1.29 is 9.47 Å². The number of ether oxygens (including phenoxy) is 2. The summed E-state index contributed by atoms with van der Waals surface area (Å²) >= 11 is 6.72. The predicted octanol–water partition coefficient (Wildman–Crippen LogP) is 3.44. The van der Waals surface area contributed by atoms with Gasteiger partial charge in [0.1, 0.15) is 5.82 Å². The fourth-order valence-electron chi connectivity index (χ4n) is 3.95. The summed E-state index contributed by atoms with van der Waals surface area (Å²) in [6.07, 6.45) is 2.02. The molecule has 0 spiro atoms. The Kier molecular flexibility index (Phi) is 6.37. The molecule has 0 bridgehead atoms. The summed E-state index contributed by atoms with van der Waals surface area (Å²) in [7, 11) is 0. The number of nitrogens with two attached hydrogens (primary N) is 1. The van der Waals surface area contributed by atoms with E-state index in [1.165, 1.54) is 0 Å². The average Bonchev–Trinajstić information content (AvgIpc) is 3.09. The van der Waals surface area contributed by atoms with Gasteiger partial charge < -0.3 is 25.4 Å². The Morgan fingerprint density at radius 1 is 1.21 bits per heavy atom. The van der Waals surface area contributed by atoms with Crippen molar-refractivity contribution >= 4 is 29.1 Å². The number of hydrogen-bond acceptors (Lipinski definition) is 7. The molecule has 1 aromatic heterocycles. The van der Waals surface area contributed by atoms with Crippen molar-refractivity contribution in [3.63, 3.8) is 0 Å². The van der Waals surface area contributed by atoms with E-state index in [1.807, 2.05) is 19.1 Å². The average molecular weight is 418 g/mol. The first-order valence-electron chi connectivity index (χ1n) is 10.2. The Bertz CT molecular complexity index is 824. The molecule has 0 radical (unpaired) electrons. The standard InChI is InChI=1S/C21H28ClN5O2/c1-14-9-20(26-21(23)25-14)27-6-2-7-28-13-19(27)17-4-3-16(10-18(17)22)24-11-15-5-8-29-12-15/h3-4,9-10,15,19,24H,2,5-8,11-13H2,1H3,(H2,23,25,26)/t15?,19-/m1/s1. The van der Waals surface area contributed by atoms with E-state index in [0.29, 0.717) is 19.1 Å². The molecule has 2 aromatic rings. The number of aromatic nitrogens is 2. The molecule has 0 saturated carbocycles. The van der Waals surface area contributed by atoms with Crippen LogP contribution in [0.2, 0.25) is 5.02 Å². The van der Waals surface area contributed by atoms with E-state index in [9.17, 15) is 0 Å². The van der Waals surface area contributed by atoms with Crippen LogP contribution in [0, 0.1) is 12.8 Å². The molecule has 0 amide bonds. The Labute approximate surface area is 176 Å². The van der Waals surface area contributed by atoms with Gasteiger partial charge in [-0.15, -0.1) is 0 Å². The molecule has 7 nitrogen and oxygen atoms in total. The van der Waals surface area contributed by atoms with Crippen LogP contribution in [0.15, 0.2) is 24.3 Å². The van der Waals surface area contributed by atoms with Gasteiger partial charge in [0.2, 0.25) is 5.95 Å². The Hall–Kier alpha value is -2.09. The van der Waals surface area contributed by atoms with Gasteiger partial charge in [-0.2, -0.15) is 4.98 Å². The quantitative estimate of drug-likeness (QED) is 0.770. The number of halogens is 1. The van der Waals surface area contributed by atoms with Gasteiger partial charge in [0.15, 0.2) is 0 Å². The molecular formula is C21H28ClN5O2. The molecule has 3 heterocycles. The smallest absolute Gasteiger partial charge is 0.222 e. The number of anilines is 3. The molecule has 0 aliphatic carbocycles. The molecule has 4 rings (SSSR count). The van der Waals surface area contributed by atoms with Crippen LogP contribution in [-0.2, 0) is 9.47 Å². The fraction of sp³-hybridized carbons (Fsp3) is 0.524. The number of hydrogen-bond donors (Lipinski definition) is 2. The van der Waals surface area contributed by atoms with E-state index in [-0.39, 0.29) is 12.0 Å². The maximum atomic E-state index is 6.72. The van der Waals surface area contributed by atoms with E-state index in [0.717, 1.165) is 66.9 Å². The van der Waals surface area contributed by atoms with Gasteiger partial charge >= 0.3 is 0 Å². The molecule has 3 N–H and O–H groups in total. The molecule has 29 heavy (non-hydrogen) atoms. The van der Waals surface area contributed by atoms with Crippen LogP contribution in [0.1, 0.15) is 30.1 Å². The lowest BCUT2D eigenvalue weighted by atomic mass is 10.0. The minimum absolute atomic E-state index is 0.0315. The van der Waals surface area contributed by atoms with Gasteiger partial charge in [-0.3, -0.25) is 0 Å². The van der Waals surface area contributed by atoms with Crippen molar-refractivity contribution in [3.05, 3.63) is 40.5 Å². The second kappa shape index (κ2) is 9.15. The highest BCUT2D eigenvalue weighted by Gasteiger charge is 2.27. The highest BCUT2D eigenvalue weighted by atomic mass is 35.5. The van der Waals surface area contributed by atoms with Gasteiger partial charge in [-0.1, -0.05) is 17.7 Å². The topological polar surface area (TPSA) is 85.5 Å². The van der Waals surface area contributed by atoms with Gasteiger partial charge in [0.25, 0.3) is 0 Å². The van der Waals surface area contributed by atoms with E-state index in [4.69, 9.17) is 26.8 Å². The van der Waals surface area contributed by atoms with Crippen molar-refractivity contribution in [2.24, 2.45) is 5.92 Å². The normalized spacial score (nSPS) is 22.5. The number of rotatable bonds is 5. The minimum atomic E-state index is -0.0315. The highest BCUT2D eigenvalue weighted by Crippen LogP contribution is 2.34. The van der Waals surface area contributed by atoms with Crippen molar-refractivity contribution in [1.82, 2.24) is 9.97 Å². The molecule has 1 aromatic carbocycles. The van der Waals surface area contributed by atoms with Crippen LogP contribution in [0.5, 0.6) is 0 Å². The highest BCUT2D eigenvalue weighted by molar-refractivity contribution is 6.31. The number of nitrogens with zero attached hydrogens (tertiary/aromatic N) is 3. The Morgan fingerprint density at radius 3 is 2.83 bits per heavy atom. The van der Waals surface area contributed by atoms with Crippen molar-refractivity contribution in [2.45, 2.75) is 25.8 Å². The summed E-state index contributed by atoms with van der Waals surface area (Å²) in [5.74, 6) is 1.65. The maximum absolute atomic E-state index is 6.72. The second-order valence-electron chi connectivity index (χ2n) is 7.71. The van der Waals surface area contributed by atoms with E-state index in [1.54, 1.807) is 0 Å². The van der Waals surface area contributed by atoms with Crippen LogP contribution in [0.4, 0.5) is 17.5 Å². The summed E-state index contributed by atoms with van der Waals surface area (Å²) < 4.78 is 11.3. The molecule has 2 aliphatic heterocycles. The molecule has 2 aliphatic rings. The summed E-state index contributed by atoms with van der Waals surface area (Å²) in [5, 5.41) is 4.20. The zero-order chi connectivity index (χ0) is 20.2. The Morgan fingerprint density at radius 2 is 2.07 bits per heavy atom. The SMILES string of the molecule is Cc1cc(N2CCCOC[C@@H]2c2ccc(NCC3CCOC3)cc2Cl)nc(N)n1. The van der Waals surface area contributed by atoms with Crippen molar-refractivity contribution in [3.8, 4) is 0 Å². The molecule has 8 heteroatoms. The first kappa shape index (κ1) is 20.2. The van der Waals surface area contributed by atoms with Crippen LogP contribution in [0.3, 0.4) is 0 Å². The van der Waals surface area contributed by atoms with Crippen LogP contribution < -0.4 is 16.0 Å². The first-order valence-corrected chi connectivity index (χ1v) is 10.5. The van der Waals surface area contributed by atoms with Gasteiger partial charge in [-0.25, -0.2) is 4.98 Å². The molecule has 1 unspecified atom stereocenters. The Balaban J connectivity index is 1.56. The summed E-state index contributed by atoms with van der Waals surface area (Å²) in [6.45, 7) is 6.59. The third-order valence-electron chi connectivity index (χ3n) is 5.47. The van der Waals surface area contributed by atoms with Gasteiger partial charge in [-0.05, 0) is 37.5 Å². The lowest BCUT2D eigenvalue weighted by Gasteiger charge is -2.31. The monoisotopic (exact) mass is 417 g/mol. The third-order valence-corrected chi connectivity index (χ3v) is 5.80. The summed E-state index contributed by atoms with van der Waals surface area (Å²) in [5.41, 5.74) is 8.79. The number of nitrogen functional groups attached to an aromatic ring is 1. The summed E-state index contributed by atoms with van der Waals surface area (Å²) in [4.78, 5) is 10.9. The van der Waals surface area contributed by atoms with Gasteiger partial charge in [0, 0.05) is 54.7 Å². The van der Waals surface area contributed by atoms with Crippen LogP contribution in [0.25, 0.3) is 0 Å². The maximum Gasteiger partial charge on any atom is 0.222 e. The van der Waals surface area contributed by atoms with Crippen LogP contribution >= 0.6 is 11.6 Å². The van der Waals surface area contributed by atoms with Gasteiger partial charge in [0.05, 0.1) is 19.3 Å². The van der Waals surface area contributed by atoms with Crippen LogP contribution in [-0.4, -0.2) is 49.5 Å². The fourth-order valence-corrected chi connectivity index (χ4v) is 4.25.